The second kappa shape index (κ2) is 8.11. The molecule has 0 saturated carbocycles. The second-order valence-electron chi connectivity index (χ2n) is 5.70. The van der Waals surface area contributed by atoms with Gasteiger partial charge in [0.05, 0.1) is 21.8 Å². The maximum absolute atomic E-state index is 12.3. The van der Waals surface area contributed by atoms with E-state index in [4.69, 9.17) is 16.3 Å². The summed E-state index contributed by atoms with van der Waals surface area (Å²) in [6, 6.07) is 5.52. The van der Waals surface area contributed by atoms with Gasteiger partial charge in [0.25, 0.3) is 5.91 Å². The molecule has 1 aromatic heterocycles. The lowest BCUT2D eigenvalue weighted by Crippen LogP contribution is -2.34. The predicted molar refractivity (Wildman–Crippen MR) is 97.8 cm³/mol. The van der Waals surface area contributed by atoms with Gasteiger partial charge in [-0.05, 0) is 19.1 Å². The molecule has 1 saturated heterocycles. The average molecular weight is 396 g/mol. The number of hydrogen-bond acceptors (Lipinski definition) is 5. The first-order chi connectivity index (χ1) is 12.5. The highest BCUT2D eigenvalue weighted by Crippen LogP contribution is 2.25. The number of nitrogens with zero attached hydrogens (tertiary/aromatic N) is 3. The van der Waals surface area contributed by atoms with Gasteiger partial charge in [0, 0.05) is 26.0 Å². The van der Waals surface area contributed by atoms with Crippen molar-refractivity contribution in [1.82, 2.24) is 9.47 Å². The van der Waals surface area contributed by atoms with Crippen molar-refractivity contribution >= 4 is 50.9 Å². The van der Waals surface area contributed by atoms with Gasteiger partial charge >= 0.3 is 0 Å². The molecule has 1 aliphatic rings. The molecule has 0 aliphatic carbocycles. The lowest BCUT2D eigenvalue weighted by Gasteiger charge is -2.10. The lowest BCUT2D eigenvalue weighted by molar-refractivity contribution is -0.141. The fourth-order valence-electron chi connectivity index (χ4n) is 2.76. The van der Waals surface area contributed by atoms with Gasteiger partial charge < -0.3 is 9.30 Å². The van der Waals surface area contributed by atoms with Crippen LogP contribution >= 0.6 is 22.9 Å². The molecule has 7 nitrogen and oxygen atoms in total. The van der Waals surface area contributed by atoms with Crippen LogP contribution in [0.15, 0.2) is 23.2 Å². The van der Waals surface area contributed by atoms with Crippen LogP contribution in [0.4, 0.5) is 0 Å². The van der Waals surface area contributed by atoms with Gasteiger partial charge in [-0.3, -0.25) is 19.3 Å². The molecule has 0 N–H and O–H groups in total. The highest BCUT2D eigenvalue weighted by molar-refractivity contribution is 7.16. The monoisotopic (exact) mass is 395 g/mol. The van der Waals surface area contributed by atoms with Gasteiger partial charge in [0.2, 0.25) is 11.8 Å². The van der Waals surface area contributed by atoms with E-state index in [1.54, 1.807) is 6.07 Å². The van der Waals surface area contributed by atoms with E-state index >= 15 is 0 Å². The maximum atomic E-state index is 12.3. The quantitative estimate of drug-likeness (QED) is 0.553. The number of carbonyl (C=O) groups excluding carboxylic acids is 3. The molecule has 9 heteroatoms. The third-order valence-electron chi connectivity index (χ3n) is 3.98. The molecule has 26 heavy (non-hydrogen) atoms. The first kappa shape index (κ1) is 18.8. The van der Waals surface area contributed by atoms with Crippen LogP contribution in [-0.2, 0) is 25.7 Å². The molecule has 0 bridgehead atoms. The molecule has 1 aromatic carbocycles. The molecule has 1 aliphatic heterocycles. The molecule has 1 fully saturated rings. The van der Waals surface area contributed by atoms with Crippen LogP contribution in [0, 0.1) is 0 Å². The minimum Gasteiger partial charge on any atom is -0.380 e. The Morgan fingerprint density at radius 2 is 2.04 bits per heavy atom. The van der Waals surface area contributed by atoms with Gasteiger partial charge in [-0.1, -0.05) is 29.0 Å². The highest BCUT2D eigenvalue weighted by Gasteiger charge is 2.30. The molecule has 0 atom stereocenters. The number of hydrogen-bond donors (Lipinski definition) is 0. The van der Waals surface area contributed by atoms with Gasteiger partial charge in [-0.25, -0.2) is 0 Å². The Balaban J connectivity index is 1.94. The number of aromatic nitrogens is 1. The molecule has 0 unspecified atom stereocenters. The largest absolute Gasteiger partial charge is 0.380 e. The summed E-state index contributed by atoms with van der Waals surface area (Å²) < 4.78 is 8.14. The topological polar surface area (TPSA) is 81.0 Å². The minimum absolute atomic E-state index is 0.152. The number of rotatable bonds is 6. The van der Waals surface area contributed by atoms with Crippen molar-refractivity contribution in [2.24, 2.45) is 4.99 Å². The zero-order chi connectivity index (χ0) is 18.7. The zero-order valence-corrected chi connectivity index (χ0v) is 15.8. The first-order valence-corrected chi connectivity index (χ1v) is 9.47. The van der Waals surface area contributed by atoms with Crippen molar-refractivity contribution < 1.29 is 19.1 Å². The maximum Gasteiger partial charge on any atom is 0.268 e. The Hall–Kier alpha value is -2.03. The van der Waals surface area contributed by atoms with E-state index < -0.39 is 5.91 Å². The van der Waals surface area contributed by atoms with Gasteiger partial charge in [-0.2, -0.15) is 4.99 Å². The summed E-state index contributed by atoms with van der Waals surface area (Å²) in [5, 5.41) is 0.564. The van der Waals surface area contributed by atoms with Crippen LogP contribution in [0.5, 0.6) is 0 Å². The minimum atomic E-state index is -0.540. The number of halogens is 1. The van der Waals surface area contributed by atoms with Crippen LogP contribution in [0.2, 0.25) is 5.02 Å². The van der Waals surface area contributed by atoms with Crippen LogP contribution in [0.1, 0.15) is 19.8 Å². The van der Waals surface area contributed by atoms with E-state index in [1.807, 2.05) is 23.6 Å². The van der Waals surface area contributed by atoms with Gasteiger partial charge in [0.15, 0.2) is 4.80 Å². The van der Waals surface area contributed by atoms with Crippen LogP contribution in [0.3, 0.4) is 0 Å². The number of amides is 3. The highest BCUT2D eigenvalue weighted by atomic mass is 35.5. The zero-order valence-electron chi connectivity index (χ0n) is 14.2. The number of ether oxygens (including phenoxy) is 1. The molecule has 3 amide bonds. The van der Waals surface area contributed by atoms with Crippen molar-refractivity contribution in [3.05, 3.63) is 28.0 Å². The molecule has 138 valence electrons. The van der Waals surface area contributed by atoms with E-state index in [1.165, 1.54) is 11.3 Å². The van der Waals surface area contributed by atoms with Crippen molar-refractivity contribution in [3.8, 4) is 0 Å². The van der Waals surface area contributed by atoms with E-state index in [0.717, 1.165) is 15.1 Å². The standard InChI is InChI=1S/C17H18ClN3O4S/c1-2-25-9-8-20-16-11(18)4-3-5-12(16)26-17(20)19-13(22)10-21-14(23)6-7-15(21)24/h3-5H,2,6-10H2,1H3. The average Bonchev–Trinajstić information content (AvgIpc) is 3.11. The SMILES string of the molecule is CCOCCn1c(=NC(=O)CN2C(=O)CCC2=O)sc2cccc(Cl)c21. The number of para-hydroxylation sites is 1. The first-order valence-electron chi connectivity index (χ1n) is 8.27. The van der Waals surface area contributed by atoms with Crippen LogP contribution in [-0.4, -0.2) is 46.9 Å². The fourth-order valence-corrected chi connectivity index (χ4v) is 4.19. The number of fused-ring (bicyclic) bond motifs is 1. The van der Waals surface area contributed by atoms with Gasteiger partial charge in [-0.15, -0.1) is 0 Å². The van der Waals surface area contributed by atoms with E-state index in [2.05, 4.69) is 4.99 Å². The van der Waals surface area contributed by atoms with E-state index in [0.29, 0.717) is 29.6 Å². The Labute approximate surface area is 158 Å². The molecular formula is C17H18ClN3O4S. The van der Waals surface area contributed by atoms with Crippen LogP contribution in [0.25, 0.3) is 10.2 Å². The number of benzene rings is 1. The van der Waals surface area contributed by atoms with E-state index in [9.17, 15) is 14.4 Å². The number of thiazole rings is 1. The van der Waals surface area contributed by atoms with Crippen molar-refractivity contribution in [3.63, 3.8) is 0 Å². The Morgan fingerprint density at radius 1 is 1.31 bits per heavy atom. The second-order valence-corrected chi connectivity index (χ2v) is 7.12. The molecule has 2 heterocycles. The van der Waals surface area contributed by atoms with E-state index in [-0.39, 0.29) is 31.2 Å². The summed E-state index contributed by atoms with van der Waals surface area (Å²) in [4.78, 5) is 41.2. The van der Waals surface area contributed by atoms with Crippen LogP contribution < -0.4 is 4.80 Å². The summed E-state index contributed by atoms with van der Waals surface area (Å²) in [5.74, 6) is -1.20. The van der Waals surface area contributed by atoms with Gasteiger partial charge in [0.1, 0.15) is 6.54 Å². The van der Waals surface area contributed by atoms with Crippen molar-refractivity contribution in [2.45, 2.75) is 26.3 Å². The number of carbonyl (C=O) groups is 3. The smallest absolute Gasteiger partial charge is 0.268 e. The molecule has 0 spiro atoms. The molecule has 0 radical (unpaired) electrons. The Kier molecular flexibility index (Phi) is 5.85. The normalized spacial score (nSPS) is 15.5. The Bertz CT molecular complexity index is 918. The fraction of sp³-hybridized carbons (Fsp3) is 0.412. The summed E-state index contributed by atoms with van der Waals surface area (Å²) in [6.45, 7) is 3.11. The van der Waals surface area contributed by atoms with Crippen molar-refractivity contribution in [1.29, 1.82) is 0 Å². The number of likely N-dealkylation sites (tertiary alicyclic amines) is 1. The third-order valence-corrected chi connectivity index (χ3v) is 5.33. The summed E-state index contributed by atoms with van der Waals surface area (Å²) >= 11 is 7.65. The summed E-state index contributed by atoms with van der Waals surface area (Å²) in [6.07, 6.45) is 0.304. The molecular weight excluding hydrogens is 378 g/mol. The summed E-state index contributed by atoms with van der Waals surface area (Å²) in [7, 11) is 0. The lowest BCUT2D eigenvalue weighted by atomic mass is 10.3. The summed E-state index contributed by atoms with van der Waals surface area (Å²) in [5.41, 5.74) is 0.791. The predicted octanol–water partition coefficient (Wildman–Crippen LogP) is 1.97. The Morgan fingerprint density at radius 3 is 2.73 bits per heavy atom. The third kappa shape index (κ3) is 3.87. The number of imide groups is 1. The molecule has 2 aromatic rings. The van der Waals surface area contributed by atoms with Crippen molar-refractivity contribution in [2.75, 3.05) is 19.8 Å². The molecule has 3 rings (SSSR count).